The summed E-state index contributed by atoms with van der Waals surface area (Å²) in [5.41, 5.74) is 2.84. The lowest BCUT2D eigenvalue weighted by Crippen LogP contribution is -2.01. The lowest BCUT2D eigenvalue weighted by Gasteiger charge is -2.12. The van der Waals surface area contributed by atoms with Crippen LogP contribution < -0.4 is 9.47 Å². The van der Waals surface area contributed by atoms with Crippen LogP contribution in [0.5, 0.6) is 11.5 Å². The maximum Gasteiger partial charge on any atom is 0.216 e. The highest BCUT2D eigenvalue weighted by Gasteiger charge is 2.07. The second-order valence-electron chi connectivity index (χ2n) is 5.54. The number of aromatic nitrogens is 3. The first kappa shape index (κ1) is 18.2. The molecule has 0 unspecified atom stereocenters. The smallest absolute Gasteiger partial charge is 0.216 e. The van der Waals surface area contributed by atoms with Gasteiger partial charge in [-0.05, 0) is 60.6 Å². The Labute approximate surface area is 161 Å². The standard InChI is InChI=1S/C18H17ClN4O2S/c1-12-3-5-17(15(19)7-12)25-10-14-8-13(4-6-16(14)24-2)9-21-23-11-20-22-18(23)26/h3-9,11H,10H2,1-2H3,(H,22,26)/b21-9+. The molecule has 1 heterocycles. The van der Waals surface area contributed by atoms with Crippen LogP contribution in [-0.4, -0.2) is 28.2 Å². The molecule has 134 valence electrons. The monoisotopic (exact) mass is 388 g/mol. The highest BCUT2D eigenvalue weighted by molar-refractivity contribution is 7.71. The minimum atomic E-state index is 0.318. The summed E-state index contributed by atoms with van der Waals surface area (Å²) in [4.78, 5) is 0. The SMILES string of the molecule is COc1ccc(/C=N/n2cn[nH]c2=S)cc1COc1ccc(C)cc1Cl. The molecule has 0 saturated carbocycles. The number of nitrogens with zero attached hydrogens (tertiary/aromatic N) is 3. The molecule has 26 heavy (non-hydrogen) atoms. The first-order valence-corrected chi connectivity index (χ1v) is 8.57. The van der Waals surface area contributed by atoms with Gasteiger partial charge in [0, 0.05) is 5.56 Å². The van der Waals surface area contributed by atoms with E-state index in [9.17, 15) is 0 Å². The third kappa shape index (κ3) is 4.30. The van der Waals surface area contributed by atoms with Gasteiger partial charge >= 0.3 is 0 Å². The predicted molar refractivity (Wildman–Crippen MR) is 104 cm³/mol. The molecule has 0 aliphatic carbocycles. The molecule has 3 aromatic rings. The Balaban J connectivity index is 1.80. The number of aryl methyl sites for hydroxylation is 1. The number of methoxy groups -OCH3 is 1. The van der Waals surface area contributed by atoms with Crippen LogP contribution in [0.25, 0.3) is 0 Å². The minimum absolute atomic E-state index is 0.318. The van der Waals surface area contributed by atoms with Crippen molar-refractivity contribution in [1.29, 1.82) is 0 Å². The molecular formula is C18H17ClN4O2S. The van der Waals surface area contributed by atoms with E-state index >= 15 is 0 Å². The average molecular weight is 389 g/mol. The quantitative estimate of drug-likeness (QED) is 0.503. The van der Waals surface area contributed by atoms with Gasteiger partial charge < -0.3 is 9.47 Å². The molecule has 2 aromatic carbocycles. The number of aromatic amines is 1. The van der Waals surface area contributed by atoms with Gasteiger partial charge in [-0.3, -0.25) is 5.10 Å². The van der Waals surface area contributed by atoms with Crippen LogP contribution in [0.3, 0.4) is 0 Å². The third-order valence-electron chi connectivity index (χ3n) is 3.64. The fraction of sp³-hybridized carbons (Fsp3) is 0.167. The number of hydrogen-bond acceptors (Lipinski definition) is 5. The predicted octanol–water partition coefficient (Wildman–Crippen LogP) is 4.37. The number of ether oxygens (including phenoxy) is 2. The molecule has 3 rings (SSSR count). The summed E-state index contributed by atoms with van der Waals surface area (Å²) in [5, 5.41) is 11.3. The maximum absolute atomic E-state index is 6.22. The van der Waals surface area contributed by atoms with Crippen molar-refractivity contribution in [3.05, 3.63) is 69.2 Å². The molecule has 0 fully saturated rings. The topological polar surface area (TPSA) is 64.4 Å². The fourth-order valence-corrected chi connectivity index (χ4v) is 2.76. The van der Waals surface area contributed by atoms with Gasteiger partial charge in [0.05, 0.1) is 18.3 Å². The van der Waals surface area contributed by atoms with Crippen molar-refractivity contribution < 1.29 is 9.47 Å². The van der Waals surface area contributed by atoms with E-state index in [2.05, 4.69) is 15.3 Å². The maximum atomic E-state index is 6.22. The van der Waals surface area contributed by atoms with Gasteiger partial charge in [0.25, 0.3) is 0 Å². The molecule has 8 heteroatoms. The summed E-state index contributed by atoms with van der Waals surface area (Å²) in [7, 11) is 1.62. The summed E-state index contributed by atoms with van der Waals surface area (Å²) in [5.74, 6) is 1.35. The number of nitrogens with one attached hydrogen (secondary N) is 1. The van der Waals surface area contributed by atoms with Crippen LogP contribution in [0.15, 0.2) is 47.8 Å². The molecule has 0 saturated heterocycles. The Kier molecular flexibility index (Phi) is 5.70. The van der Waals surface area contributed by atoms with Gasteiger partial charge in [-0.2, -0.15) is 14.9 Å². The highest BCUT2D eigenvalue weighted by atomic mass is 35.5. The van der Waals surface area contributed by atoms with Gasteiger partial charge in [-0.1, -0.05) is 17.7 Å². The van der Waals surface area contributed by atoms with E-state index in [0.717, 1.165) is 22.4 Å². The normalized spacial score (nSPS) is 11.0. The van der Waals surface area contributed by atoms with Crippen molar-refractivity contribution in [3.8, 4) is 11.5 Å². The Morgan fingerprint density at radius 1 is 1.27 bits per heavy atom. The zero-order valence-corrected chi connectivity index (χ0v) is 15.8. The number of H-pyrrole nitrogens is 1. The average Bonchev–Trinajstić information content (AvgIpc) is 3.04. The van der Waals surface area contributed by atoms with Gasteiger partial charge in [0.15, 0.2) is 0 Å². The van der Waals surface area contributed by atoms with E-state index in [-0.39, 0.29) is 0 Å². The molecule has 0 bridgehead atoms. The summed E-state index contributed by atoms with van der Waals surface area (Å²) in [6.45, 7) is 2.30. The zero-order chi connectivity index (χ0) is 18.5. The molecule has 0 radical (unpaired) electrons. The molecular weight excluding hydrogens is 372 g/mol. The molecule has 0 aliphatic rings. The molecule has 0 spiro atoms. The van der Waals surface area contributed by atoms with Crippen LogP contribution in [-0.2, 0) is 6.61 Å². The van der Waals surface area contributed by atoms with Gasteiger partial charge in [-0.15, -0.1) is 0 Å². The number of benzene rings is 2. The van der Waals surface area contributed by atoms with E-state index in [0.29, 0.717) is 22.2 Å². The minimum Gasteiger partial charge on any atom is -0.496 e. The molecule has 0 atom stereocenters. The molecule has 1 N–H and O–H groups in total. The van der Waals surface area contributed by atoms with Crippen molar-refractivity contribution in [2.75, 3.05) is 7.11 Å². The van der Waals surface area contributed by atoms with Crippen LogP contribution in [0.2, 0.25) is 5.02 Å². The van der Waals surface area contributed by atoms with Crippen LogP contribution in [0.1, 0.15) is 16.7 Å². The molecule has 0 amide bonds. The van der Waals surface area contributed by atoms with Crippen molar-refractivity contribution >= 4 is 30.0 Å². The van der Waals surface area contributed by atoms with E-state index in [1.807, 2.05) is 43.3 Å². The second kappa shape index (κ2) is 8.16. The van der Waals surface area contributed by atoms with Gasteiger partial charge in [0.2, 0.25) is 4.77 Å². The van der Waals surface area contributed by atoms with Crippen LogP contribution >= 0.6 is 23.8 Å². The first-order chi connectivity index (χ1) is 12.6. The van der Waals surface area contributed by atoms with E-state index in [4.69, 9.17) is 33.3 Å². The first-order valence-electron chi connectivity index (χ1n) is 7.79. The second-order valence-corrected chi connectivity index (χ2v) is 6.34. The van der Waals surface area contributed by atoms with Gasteiger partial charge in [0.1, 0.15) is 24.4 Å². The zero-order valence-electron chi connectivity index (χ0n) is 14.3. The Bertz CT molecular complexity index is 997. The van der Waals surface area contributed by atoms with Crippen molar-refractivity contribution in [2.24, 2.45) is 5.10 Å². The Hall–Kier alpha value is -2.64. The Morgan fingerprint density at radius 2 is 2.08 bits per heavy atom. The molecule has 0 aliphatic heterocycles. The lowest BCUT2D eigenvalue weighted by atomic mass is 10.1. The number of rotatable bonds is 6. The molecule has 6 nitrogen and oxygen atoms in total. The van der Waals surface area contributed by atoms with E-state index in [1.54, 1.807) is 13.3 Å². The van der Waals surface area contributed by atoms with Crippen LogP contribution in [0, 0.1) is 11.7 Å². The molecule has 1 aromatic heterocycles. The summed E-state index contributed by atoms with van der Waals surface area (Å²) in [6, 6.07) is 11.4. The summed E-state index contributed by atoms with van der Waals surface area (Å²) < 4.78 is 13.2. The Morgan fingerprint density at radius 3 is 2.77 bits per heavy atom. The number of halogens is 1. The van der Waals surface area contributed by atoms with Crippen molar-refractivity contribution in [3.63, 3.8) is 0 Å². The summed E-state index contributed by atoms with van der Waals surface area (Å²) in [6.07, 6.45) is 3.19. The van der Waals surface area contributed by atoms with E-state index < -0.39 is 0 Å². The number of hydrogen-bond donors (Lipinski definition) is 1. The highest BCUT2D eigenvalue weighted by Crippen LogP contribution is 2.27. The summed E-state index contributed by atoms with van der Waals surface area (Å²) >= 11 is 11.3. The van der Waals surface area contributed by atoms with Gasteiger partial charge in [-0.25, -0.2) is 0 Å². The fourth-order valence-electron chi connectivity index (χ4n) is 2.32. The van der Waals surface area contributed by atoms with Crippen molar-refractivity contribution in [2.45, 2.75) is 13.5 Å². The largest absolute Gasteiger partial charge is 0.496 e. The van der Waals surface area contributed by atoms with Crippen molar-refractivity contribution in [1.82, 2.24) is 14.9 Å². The third-order valence-corrected chi connectivity index (χ3v) is 4.22. The lowest BCUT2D eigenvalue weighted by molar-refractivity contribution is 0.297. The van der Waals surface area contributed by atoms with E-state index in [1.165, 1.54) is 11.0 Å². The van der Waals surface area contributed by atoms with Crippen LogP contribution in [0.4, 0.5) is 0 Å².